The van der Waals surface area contributed by atoms with Crippen molar-refractivity contribution < 1.29 is 59.4 Å². The first-order valence-electron chi connectivity index (χ1n) is 17.4. The van der Waals surface area contributed by atoms with Gasteiger partial charge in [-0.3, -0.25) is 0 Å². The number of rotatable bonds is 10. The van der Waals surface area contributed by atoms with Crippen LogP contribution in [-0.4, -0.2) is 143 Å². The minimum atomic E-state index is -0.0258. The van der Waals surface area contributed by atoms with Crippen LogP contribution in [-0.2, 0) is 23.7 Å². The van der Waals surface area contributed by atoms with Gasteiger partial charge in [0.15, 0.2) is 0 Å². The van der Waals surface area contributed by atoms with Crippen molar-refractivity contribution in [3.8, 4) is 0 Å². The molecule has 10 atom stereocenters. The Morgan fingerprint density at radius 1 is 0.289 bits per heavy atom. The fourth-order valence-electron chi connectivity index (χ4n) is 5.74. The monoisotopic (exact) mass is 654 g/mol. The molecule has 0 saturated carbocycles. The molecule has 12 heteroatoms. The van der Waals surface area contributed by atoms with E-state index in [2.05, 4.69) is 20.8 Å². The van der Waals surface area contributed by atoms with Crippen LogP contribution in [0.4, 0.5) is 0 Å². The number of hydrogen-bond donors (Lipinski definition) is 7. The van der Waals surface area contributed by atoms with E-state index in [4.69, 9.17) is 59.4 Å². The number of aliphatic hydroxyl groups is 7. The Morgan fingerprint density at radius 2 is 0.422 bits per heavy atom. The van der Waals surface area contributed by atoms with Crippen molar-refractivity contribution in [3.05, 3.63) is 0 Å². The van der Waals surface area contributed by atoms with Crippen molar-refractivity contribution in [1.29, 1.82) is 0 Å². The number of aliphatic hydroxyl groups excluding tert-OH is 7. The molecule has 5 aliphatic heterocycles. The van der Waals surface area contributed by atoms with Crippen LogP contribution >= 0.6 is 0 Å². The molecule has 0 unspecified atom stereocenters. The third-order valence-corrected chi connectivity index (χ3v) is 8.77. The van der Waals surface area contributed by atoms with E-state index in [1.54, 1.807) is 0 Å². The van der Waals surface area contributed by atoms with Crippen LogP contribution in [0.15, 0.2) is 0 Å². The van der Waals surface area contributed by atoms with Crippen molar-refractivity contribution in [2.75, 3.05) is 46.2 Å². The predicted molar refractivity (Wildman–Crippen MR) is 170 cm³/mol. The largest absolute Gasteiger partial charge is 0.394 e. The smallest absolute Gasteiger partial charge is 0.0811 e. The fourth-order valence-corrected chi connectivity index (χ4v) is 5.74. The molecule has 5 aliphatic rings. The molecule has 45 heavy (non-hydrogen) atoms. The van der Waals surface area contributed by atoms with Gasteiger partial charge < -0.3 is 59.4 Å². The van der Waals surface area contributed by atoms with Crippen molar-refractivity contribution >= 4 is 0 Å². The normalized spacial score (nSPS) is 35.3. The molecule has 5 heterocycles. The Kier molecular flexibility index (Phi) is 25.0. The van der Waals surface area contributed by atoms with Crippen LogP contribution in [0.25, 0.3) is 0 Å². The van der Waals surface area contributed by atoms with Gasteiger partial charge in [0.05, 0.1) is 107 Å². The maximum Gasteiger partial charge on any atom is 0.0811 e. The Morgan fingerprint density at radius 3 is 0.511 bits per heavy atom. The van der Waals surface area contributed by atoms with Gasteiger partial charge in [-0.25, -0.2) is 0 Å². The van der Waals surface area contributed by atoms with E-state index in [0.29, 0.717) is 18.3 Å². The summed E-state index contributed by atoms with van der Waals surface area (Å²) in [5, 5.41) is 60.3. The molecule has 0 amide bonds. The van der Waals surface area contributed by atoms with Crippen LogP contribution in [0.1, 0.15) is 104 Å². The van der Waals surface area contributed by atoms with Crippen LogP contribution in [0.5, 0.6) is 0 Å². The molecule has 5 fully saturated rings. The van der Waals surface area contributed by atoms with E-state index in [9.17, 15) is 0 Å². The van der Waals surface area contributed by atoms with Gasteiger partial charge >= 0.3 is 0 Å². The second-order valence-electron chi connectivity index (χ2n) is 12.3. The minimum absolute atomic E-state index is 0.0258. The van der Waals surface area contributed by atoms with E-state index in [-0.39, 0.29) is 89.0 Å². The molecule has 0 aromatic heterocycles. The second kappa shape index (κ2) is 26.5. The van der Waals surface area contributed by atoms with Gasteiger partial charge in [0.2, 0.25) is 0 Å². The van der Waals surface area contributed by atoms with Gasteiger partial charge in [0.1, 0.15) is 0 Å². The van der Waals surface area contributed by atoms with Crippen molar-refractivity contribution in [1.82, 2.24) is 0 Å². The average Bonchev–Trinajstić information content (AvgIpc) is 3.95. The molecule has 270 valence electrons. The summed E-state index contributed by atoms with van der Waals surface area (Å²) in [7, 11) is 0. The van der Waals surface area contributed by atoms with Crippen LogP contribution in [0.2, 0.25) is 0 Å². The average molecular weight is 655 g/mol. The zero-order chi connectivity index (χ0) is 33.5. The molecule has 12 nitrogen and oxygen atoms in total. The molecule has 0 bridgehead atoms. The lowest BCUT2D eigenvalue weighted by Gasteiger charge is -2.08. The van der Waals surface area contributed by atoms with Gasteiger partial charge in [0, 0.05) is 0 Å². The van der Waals surface area contributed by atoms with E-state index >= 15 is 0 Å². The predicted octanol–water partition coefficient (Wildman–Crippen LogP) is 1.85. The Balaban J connectivity index is 0.000000281. The maximum absolute atomic E-state index is 8.65. The lowest BCUT2D eigenvalue weighted by atomic mass is 10.2. The molecule has 0 aliphatic carbocycles. The lowest BCUT2D eigenvalue weighted by Crippen LogP contribution is -2.16. The summed E-state index contributed by atoms with van der Waals surface area (Å²) in [4.78, 5) is 0. The topological polar surface area (TPSA) is 188 Å². The summed E-state index contributed by atoms with van der Waals surface area (Å²) < 4.78 is 26.5. The highest BCUT2D eigenvalue weighted by Gasteiger charge is 2.25. The van der Waals surface area contributed by atoms with Crippen LogP contribution < -0.4 is 0 Å². The molecular weight excluding hydrogens is 588 g/mol. The minimum Gasteiger partial charge on any atom is -0.394 e. The quantitative estimate of drug-likeness (QED) is 0.181. The first-order chi connectivity index (χ1) is 21.8. The van der Waals surface area contributed by atoms with E-state index < -0.39 is 0 Å². The van der Waals surface area contributed by atoms with Gasteiger partial charge in [0.25, 0.3) is 0 Å². The fraction of sp³-hybridized carbons (Fsp3) is 1.00. The Bertz CT molecular complexity index is 496. The first kappa shape index (κ1) is 42.5. The van der Waals surface area contributed by atoms with Crippen molar-refractivity contribution in [2.45, 2.75) is 165 Å². The molecule has 0 spiro atoms. The highest BCUT2D eigenvalue weighted by Crippen LogP contribution is 2.23. The number of ether oxygens (including phenoxy) is 5. The third-order valence-electron chi connectivity index (χ3n) is 8.77. The summed E-state index contributed by atoms with van der Waals surface area (Å²) in [6.07, 6.45) is 14.8. The van der Waals surface area contributed by atoms with Crippen molar-refractivity contribution in [2.24, 2.45) is 0 Å². The zero-order valence-electron chi connectivity index (χ0n) is 28.1. The van der Waals surface area contributed by atoms with Gasteiger partial charge in [-0.05, 0) is 83.5 Å². The molecule has 7 N–H and O–H groups in total. The molecule has 0 aromatic carbocycles. The Labute approximate surface area is 271 Å². The standard InChI is InChI=1S/3C7H14O2.2C6H12O3/c3*1-2-6-3-4-7(5-8)9-6;2*7-3-5-1-2-6(4-8)9-5/h3*6-8H,2-5H2,1H3;2*5-8H,1-4H2/t2*6-,7+;6-,7-;5-,6+;5-,6-/m101.0/s1. The third kappa shape index (κ3) is 18.0. The molecular formula is C33H66O12. The summed E-state index contributed by atoms with van der Waals surface area (Å²) in [6, 6.07) is 0. The molecule has 5 saturated heterocycles. The first-order valence-corrected chi connectivity index (χ1v) is 17.4. The van der Waals surface area contributed by atoms with Crippen LogP contribution in [0.3, 0.4) is 0 Å². The molecule has 0 aromatic rings. The highest BCUT2D eigenvalue weighted by atomic mass is 16.5. The van der Waals surface area contributed by atoms with Gasteiger partial charge in [-0.15, -0.1) is 0 Å². The SMILES string of the molecule is CC[C@@H]1CC[C@@H](CO)O1.CC[C@@H]1CC[C@H](CO)O1.CC[C@H]1CC[C@H](CO)O1.OC[C@@H]1CC[C@@H](CO)O1.OC[C@@H]1CC[C@H](CO)O1. The van der Waals surface area contributed by atoms with E-state index in [1.165, 1.54) is 0 Å². The zero-order valence-corrected chi connectivity index (χ0v) is 28.1. The number of hydrogen-bond acceptors (Lipinski definition) is 12. The van der Waals surface area contributed by atoms with Crippen molar-refractivity contribution in [3.63, 3.8) is 0 Å². The summed E-state index contributed by atoms with van der Waals surface area (Å²) >= 11 is 0. The lowest BCUT2D eigenvalue weighted by molar-refractivity contribution is -0.0119. The molecule has 0 radical (unpaired) electrons. The maximum atomic E-state index is 8.65. The summed E-state index contributed by atoms with van der Waals surface area (Å²) in [5.41, 5.74) is 0. The van der Waals surface area contributed by atoms with E-state index in [1.807, 2.05) is 0 Å². The van der Waals surface area contributed by atoms with Gasteiger partial charge in [-0.1, -0.05) is 20.8 Å². The highest BCUT2D eigenvalue weighted by molar-refractivity contribution is 4.74. The Hall–Kier alpha value is -0.480. The molecule has 5 rings (SSSR count). The van der Waals surface area contributed by atoms with Gasteiger partial charge in [-0.2, -0.15) is 0 Å². The van der Waals surface area contributed by atoms with E-state index in [0.717, 1.165) is 83.5 Å². The van der Waals surface area contributed by atoms with Crippen LogP contribution in [0, 0.1) is 0 Å². The second-order valence-corrected chi connectivity index (χ2v) is 12.3. The summed E-state index contributed by atoms with van der Waals surface area (Å²) in [5.74, 6) is 0. The summed E-state index contributed by atoms with van der Waals surface area (Å²) in [6.45, 7) is 7.24.